The first-order valence-corrected chi connectivity index (χ1v) is 6.41. The number of aromatic nitrogens is 3. The van der Waals surface area contributed by atoms with E-state index in [4.69, 9.17) is 5.73 Å². The van der Waals surface area contributed by atoms with Crippen molar-refractivity contribution in [3.8, 4) is 11.3 Å². The molecule has 96 valence electrons. The number of aromatic amines is 1. The van der Waals surface area contributed by atoms with E-state index in [-0.39, 0.29) is 0 Å². The van der Waals surface area contributed by atoms with Crippen molar-refractivity contribution in [2.75, 3.05) is 5.73 Å². The van der Waals surface area contributed by atoms with Crippen LogP contribution in [0.15, 0.2) is 54.7 Å². The van der Waals surface area contributed by atoms with Crippen LogP contribution in [-0.2, 0) is 0 Å². The maximum absolute atomic E-state index is 5.96. The highest BCUT2D eigenvalue weighted by molar-refractivity contribution is 6.00. The topological polar surface area (TPSA) is 67.6 Å². The van der Waals surface area contributed by atoms with Gasteiger partial charge in [0.15, 0.2) is 0 Å². The molecule has 0 aliphatic rings. The van der Waals surface area contributed by atoms with E-state index in [9.17, 15) is 0 Å². The van der Waals surface area contributed by atoms with Crippen LogP contribution in [-0.4, -0.2) is 15.2 Å². The van der Waals surface area contributed by atoms with E-state index in [1.807, 2.05) is 36.4 Å². The first-order valence-electron chi connectivity index (χ1n) is 6.41. The zero-order valence-corrected chi connectivity index (χ0v) is 10.7. The first-order chi connectivity index (χ1) is 9.83. The highest BCUT2D eigenvalue weighted by atomic mass is 15.1. The van der Waals surface area contributed by atoms with Crippen LogP contribution < -0.4 is 5.73 Å². The molecular weight excluding hydrogens is 248 g/mol. The molecule has 0 atom stereocenters. The number of hydrogen-bond acceptors (Lipinski definition) is 3. The van der Waals surface area contributed by atoms with Crippen molar-refractivity contribution in [1.29, 1.82) is 0 Å². The van der Waals surface area contributed by atoms with Gasteiger partial charge in [-0.3, -0.25) is 10.1 Å². The standard InChI is InChI=1S/C16H12N4/c17-13-5-1-4-12-15(19-20-16(12)13)11-6-7-14-10(9-11)3-2-8-18-14/h1-9H,17H2,(H,19,20). The molecule has 0 saturated heterocycles. The minimum Gasteiger partial charge on any atom is -0.397 e. The van der Waals surface area contributed by atoms with Gasteiger partial charge in [0.25, 0.3) is 0 Å². The van der Waals surface area contributed by atoms with Crippen LogP contribution in [0.2, 0.25) is 0 Å². The van der Waals surface area contributed by atoms with Gasteiger partial charge in [-0.2, -0.15) is 5.10 Å². The lowest BCUT2D eigenvalue weighted by Crippen LogP contribution is -1.85. The molecule has 0 radical (unpaired) electrons. The van der Waals surface area contributed by atoms with E-state index in [1.54, 1.807) is 6.20 Å². The van der Waals surface area contributed by atoms with E-state index >= 15 is 0 Å². The minimum atomic E-state index is 0.712. The number of nitrogen functional groups attached to an aromatic ring is 1. The number of nitrogens with two attached hydrogens (primary N) is 1. The molecule has 4 aromatic rings. The molecule has 4 rings (SSSR count). The van der Waals surface area contributed by atoms with Gasteiger partial charge in [-0.15, -0.1) is 0 Å². The van der Waals surface area contributed by atoms with E-state index in [0.717, 1.165) is 33.1 Å². The first kappa shape index (κ1) is 11.0. The molecule has 3 N–H and O–H groups in total. The molecule has 2 aromatic heterocycles. The summed E-state index contributed by atoms with van der Waals surface area (Å²) in [5.74, 6) is 0. The fourth-order valence-electron chi connectivity index (χ4n) is 2.51. The molecule has 0 amide bonds. The Morgan fingerprint density at radius 3 is 2.90 bits per heavy atom. The molecule has 0 fully saturated rings. The summed E-state index contributed by atoms with van der Waals surface area (Å²) >= 11 is 0. The second-order valence-corrected chi connectivity index (χ2v) is 4.75. The fraction of sp³-hybridized carbons (Fsp3) is 0. The number of nitrogens with zero attached hydrogens (tertiary/aromatic N) is 2. The molecule has 0 aliphatic heterocycles. The third-order valence-electron chi connectivity index (χ3n) is 3.51. The Balaban J connectivity index is 1.99. The van der Waals surface area contributed by atoms with Crippen LogP contribution in [0.1, 0.15) is 0 Å². The Bertz CT molecular complexity index is 924. The molecule has 4 heteroatoms. The third kappa shape index (κ3) is 1.55. The summed E-state index contributed by atoms with van der Waals surface area (Å²) in [6, 6.07) is 16.0. The molecule has 0 bridgehead atoms. The molecule has 4 nitrogen and oxygen atoms in total. The van der Waals surface area contributed by atoms with E-state index < -0.39 is 0 Å². The lowest BCUT2D eigenvalue weighted by Gasteiger charge is -2.01. The SMILES string of the molecule is Nc1cccc2c(-c3ccc4ncccc4c3)n[nH]c12. The van der Waals surface area contributed by atoms with E-state index in [1.165, 1.54) is 0 Å². The average Bonchev–Trinajstić information content (AvgIpc) is 2.92. The van der Waals surface area contributed by atoms with E-state index in [2.05, 4.69) is 27.3 Å². The van der Waals surface area contributed by atoms with Crippen molar-refractivity contribution in [2.45, 2.75) is 0 Å². The summed E-state index contributed by atoms with van der Waals surface area (Å²) in [5.41, 5.74) is 10.5. The average molecular weight is 260 g/mol. The van der Waals surface area contributed by atoms with Gasteiger partial charge < -0.3 is 5.73 Å². The number of hydrogen-bond donors (Lipinski definition) is 2. The number of para-hydroxylation sites is 1. The number of nitrogens with one attached hydrogen (secondary N) is 1. The predicted molar refractivity (Wildman–Crippen MR) is 81.2 cm³/mol. The Labute approximate surface area is 115 Å². The van der Waals surface area contributed by atoms with Crippen molar-refractivity contribution in [1.82, 2.24) is 15.2 Å². The molecule has 2 aromatic carbocycles. The van der Waals surface area contributed by atoms with Crippen LogP contribution in [0.3, 0.4) is 0 Å². The zero-order valence-electron chi connectivity index (χ0n) is 10.7. The molecule has 2 heterocycles. The molecule has 0 saturated carbocycles. The van der Waals surface area contributed by atoms with Gasteiger partial charge in [0.2, 0.25) is 0 Å². The van der Waals surface area contributed by atoms with Crippen molar-refractivity contribution in [2.24, 2.45) is 0 Å². The van der Waals surface area contributed by atoms with Crippen molar-refractivity contribution < 1.29 is 0 Å². The number of pyridine rings is 1. The number of anilines is 1. The Hall–Kier alpha value is -2.88. The summed E-state index contributed by atoms with van der Waals surface area (Å²) in [6.07, 6.45) is 1.80. The van der Waals surface area contributed by atoms with Gasteiger partial charge >= 0.3 is 0 Å². The molecular formula is C16H12N4. The van der Waals surface area contributed by atoms with Crippen molar-refractivity contribution >= 4 is 27.5 Å². The summed E-state index contributed by atoms with van der Waals surface area (Å²) in [6.45, 7) is 0. The smallest absolute Gasteiger partial charge is 0.1000 e. The molecule has 20 heavy (non-hydrogen) atoms. The predicted octanol–water partition coefficient (Wildman–Crippen LogP) is 3.36. The third-order valence-corrected chi connectivity index (χ3v) is 3.51. The second-order valence-electron chi connectivity index (χ2n) is 4.75. The minimum absolute atomic E-state index is 0.712. The maximum Gasteiger partial charge on any atom is 0.1000 e. The Kier molecular flexibility index (Phi) is 2.23. The number of fused-ring (bicyclic) bond motifs is 2. The van der Waals surface area contributed by atoms with Gasteiger partial charge in [-0.1, -0.05) is 24.3 Å². The largest absolute Gasteiger partial charge is 0.397 e. The molecule has 0 unspecified atom stereocenters. The second kappa shape index (κ2) is 4.06. The normalized spacial score (nSPS) is 11.2. The van der Waals surface area contributed by atoms with Gasteiger partial charge in [0.1, 0.15) is 0 Å². The molecule has 0 spiro atoms. The van der Waals surface area contributed by atoms with Crippen LogP contribution in [0.5, 0.6) is 0 Å². The summed E-state index contributed by atoms with van der Waals surface area (Å²) in [5, 5.41) is 9.56. The van der Waals surface area contributed by atoms with Crippen LogP contribution in [0, 0.1) is 0 Å². The van der Waals surface area contributed by atoms with Crippen LogP contribution in [0.25, 0.3) is 33.1 Å². The number of benzene rings is 2. The van der Waals surface area contributed by atoms with Crippen LogP contribution in [0.4, 0.5) is 5.69 Å². The Morgan fingerprint density at radius 2 is 1.95 bits per heavy atom. The van der Waals surface area contributed by atoms with Gasteiger partial charge in [-0.05, 0) is 24.3 Å². The summed E-state index contributed by atoms with van der Waals surface area (Å²) in [7, 11) is 0. The van der Waals surface area contributed by atoms with Gasteiger partial charge in [0, 0.05) is 22.5 Å². The maximum atomic E-state index is 5.96. The zero-order chi connectivity index (χ0) is 13.5. The fourth-order valence-corrected chi connectivity index (χ4v) is 2.51. The highest BCUT2D eigenvalue weighted by Gasteiger charge is 2.10. The summed E-state index contributed by atoms with van der Waals surface area (Å²) in [4.78, 5) is 4.33. The summed E-state index contributed by atoms with van der Waals surface area (Å²) < 4.78 is 0. The van der Waals surface area contributed by atoms with Gasteiger partial charge in [-0.25, -0.2) is 0 Å². The lowest BCUT2D eigenvalue weighted by atomic mass is 10.0. The van der Waals surface area contributed by atoms with Crippen molar-refractivity contribution in [3.63, 3.8) is 0 Å². The number of rotatable bonds is 1. The lowest BCUT2D eigenvalue weighted by molar-refractivity contribution is 1.12. The van der Waals surface area contributed by atoms with Crippen LogP contribution >= 0.6 is 0 Å². The molecule has 0 aliphatic carbocycles. The Morgan fingerprint density at radius 1 is 1.00 bits per heavy atom. The highest BCUT2D eigenvalue weighted by Crippen LogP contribution is 2.30. The number of H-pyrrole nitrogens is 1. The van der Waals surface area contributed by atoms with Crippen molar-refractivity contribution in [3.05, 3.63) is 54.7 Å². The monoisotopic (exact) mass is 260 g/mol. The quantitative estimate of drug-likeness (QED) is 0.516. The van der Waals surface area contributed by atoms with Gasteiger partial charge in [0.05, 0.1) is 22.4 Å². The van der Waals surface area contributed by atoms with E-state index in [0.29, 0.717) is 5.69 Å².